The van der Waals surface area contributed by atoms with Crippen molar-refractivity contribution in [2.75, 3.05) is 11.5 Å². The molecule has 3 aromatic rings. The molecular weight excluding hydrogens is 567 g/mol. The van der Waals surface area contributed by atoms with E-state index in [4.69, 9.17) is 32.9 Å². The van der Waals surface area contributed by atoms with Crippen molar-refractivity contribution >= 4 is 79.4 Å². The Morgan fingerprint density at radius 2 is 1.74 bits per heavy atom. The van der Waals surface area contributed by atoms with Crippen molar-refractivity contribution in [3.8, 4) is 5.75 Å². The Bertz CT molecular complexity index is 1360. The van der Waals surface area contributed by atoms with Crippen LogP contribution in [0.25, 0.3) is 6.08 Å². The minimum Gasteiger partial charge on any atom is -0.493 e. The first-order chi connectivity index (χ1) is 16.8. The molecule has 35 heavy (non-hydrogen) atoms. The zero-order valence-corrected chi connectivity index (χ0v) is 23.4. The Balaban J connectivity index is 1.81. The molecule has 0 N–H and O–H groups in total. The SMILES string of the molecule is CCCOc1ccc(Br)cc1/C=C1/SC(=Nc2ccc(C)c(Cl)c2)N(c2ccc(C)c(Cl)c2)C1=O. The largest absolute Gasteiger partial charge is 0.493 e. The molecule has 4 nitrogen and oxygen atoms in total. The Morgan fingerprint density at radius 3 is 2.43 bits per heavy atom. The fourth-order valence-electron chi connectivity index (χ4n) is 3.38. The number of amidine groups is 1. The summed E-state index contributed by atoms with van der Waals surface area (Å²) in [5.74, 6) is 0.532. The molecule has 1 heterocycles. The lowest BCUT2D eigenvalue weighted by molar-refractivity contribution is -0.113. The first-order valence-electron chi connectivity index (χ1n) is 11.0. The third-order valence-electron chi connectivity index (χ3n) is 5.32. The van der Waals surface area contributed by atoms with Crippen LogP contribution in [-0.2, 0) is 4.79 Å². The smallest absolute Gasteiger partial charge is 0.271 e. The van der Waals surface area contributed by atoms with Gasteiger partial charge in [-0.3, -0.25) is 9.69 Å². The highest BCUT2D eigenvalue weighted by molar-refractivity contribution is 9.10. The van der Waals surface area contributed by atoms with E-state index in [1.54, 1.807) is 17.0 Å². The third kappa shape index (κ3) is 5.95. The second kappa shape index (κ2) is 11.2. The number of halogens is 3. The Labute approximate surface area is 228 Å². The van der Waals surface area contributed by atoms with Gasteiger partial charge in [0, 0.05) is 20.1 Å². The zero-order valence-electron chi connectivity index (χ0n) is 19.4. The van der Waals surface area contributed by atoms with E-state index in [2.05, 4.69) is 22.9 Å². The van der Waals surface area contributed by atoms with Gasteiger partial charge in [-0.25, -0.2) is 4.99 Å². The minimum atomic E-state index is -0.187. The van der Waals surface area contributed by atoms with Gasteiger partial charge in [0.25, 0.3) is 5.91 Å². The van der Waals surface area contributed by atoms with E-state index in [9.17, 15) is 4.79 Å². The molecule has 0 aliphatic carbocycles. The van der Waals surface area contributed by atoms with Crippen LogP contribution >= 0.6 is 50.9 Å². The number of benzene rings is 3. The van der Waals surface area contributed by atoms with Crippen molar-refractivity contribution in [3.63, 3.8) is 0 Å². The van der Waals surface area contributed by atoms with Gasteiger partial charge in [-0.1, -0.05) is 58.2 Å². The van der Waals surface area contributed by atoms with E-state index >= 15 is 0 Å². The molecule has 0 unspecified atom stereocenters. The van der Waals surface area contributed by atoms with Gasteiger partial charge < -0.3 is 4.74 Å². The highest BCUT2D eigenvalue weighted by Crippen LogP contribution is 2.40. The summed E-state index contributed by atoms with van der Waals surface area (Å²) in [5, 5.41) is 1.72. The van der Waals surface area contributed by atoms with Crippen LogP contribution in [0.2, 0.25) is 10.0 Å². The van der Waals surface area contributed by atoms with Gasteiger partial charge in [-0.15, -0.1) is 0 Å². The highest BCUT2D eigenvalue weighted by Gasteiger charge is 2.35. The first kappa shape index (κ1) is 25.8. The molecule has 0 atom stereocenters. The number of thioether (sulfide) groups is 1. The summed E-state index contributed by atoms with van der Waals surface area (Å²) in [4.78, 5) is 20.6. The van der Waals surface area contributed by atoms with Gasteiger partial charge in [-0.2, -0.15) is 0 Å². The molecule has 0 aromatic heterocycles. The molecule has 3 aromatic carbocycles. The summed E-state index contributed by atoms with van der Waals surface area (Å²) in [6.07, 6.45) is 2.73. The molecule has 0 bridgehead atoms. The van der Waals surface area contributed by atoms with Gasteiger partial charge in [-0.05, 0) is 91.7 Å². The van der Waals surface area contributed by atoms with Crippen LogP contribution in [0.15, 0.2) is 69.0 Å². The minimum absolute atomic E-state index is 0.187. The molecule has 1 amide bonds. The summed E-state index contributed by atoms with van der Waals surface area (Å²) < 4.78 is 6.81. The normalized spacial score (nSPS) is 15.9. The number of hydrogen-bond acceptors (Lipinski definition) is 4. The Hall–Kier alpha value is -2.25. The number of aliphatic imine (C=N–C) groups is 1. The van der Waals surface area contributed by atoms with Gasteiger partial charge in [0.05, 0.1) is 22.9 Å². The monoisotopic (exact) mass is 588 g/mol. The molecule has 1 saturated heterocycles. The lowest BCUT2D eigenvalue weighted by atomic mass is 10.1. The molecule has 8 heteroatoms. The quantitative estimate of drug-likeness (QED) is 0.269. The van der Waals surface area contributed by atoms with Crippen molar-refractivity contribution < 1.29 is 9.53 Å². The van der Waals surface area contributed by atoms with Gasteiger partial charge in [0.2, 0.25) is 0 Å². The van der Waals surface area contributed by atoms with Gasteiger partial charge in [0.15, 0.2) is 5.17 Å². The highest BCUT2D eigenvalue weighted by atomic mass is 79.9. The van der Waals surface area contributed by atoms with E-state index < -0.39 is 0 Å². The third-order valence-corrected chi connectivity index (χ3v) is 7.60. The lowest BCUT2D eigenvalue weighted by Gasteiger charge is -2.16. The van der Waals surface area contributed by atoms with Crippen molar-refractivity contribution in [1.29, 1.82) is 0 Å². The van der Waals surface area contributed by atoms with E-state index in [1.807, 2.05) is 62.4 Å². The number of ether oxygens (including phenoxy) is 1. The van der Waals surface area contributed by atoms with E-state index in [0.29, 0.717) is 38.1 Å². The number of carbonyl (C=O) groups is 1. The van der Waals surface area contributed by atoms with Crippen LogP contribution in [0.4, 0.5) is 11.4 Å². The van der Waals surface area contributed by atoms with Gasteiger partial charge in [0.1, 0.15) is 5.75 Å². The summed E-state index contributed by atoms with van der Waals surface area (Å²) in [6, 6.07) is 16.9. The fraction of sp³-hybridized carbons (Fsp3) is 0.185. The van der Waals surface area contributed by atoms with Gasteiger partial charge >= 0.3 is 0 Å². The van der Waals surface area contributed by atoms with Crippen LogP contribution in [0, 0.1) is 13.8 Å². The second-order valence-corrected chi connectivity index (χ2v) is 10.8. The van der Waals surface area contributed by atoms with Crippen LogP contribution in [0.3, 0.4) is 0 Å². The Morgan fingerprint density at radius 1 is 1.03 bits per heavy atom. The number of hydrogen-bond donors (Lipinski definition) is 0. The number of anilines is 1. The molecule has 1 fully saturated rings. The number of rotatable bonds is 6. The molecule has 1 aliphatic heterocycles. The van der Waals surface area contributed by atoms with E-state index in [-0.39, 0.29) is 5.91 Å². The van der Waals surface area contributed by atoms with E-state index in [1.165, 1.54) is 11.8 Å². The van der Waals surface area contributed by atoms with Crippen LogP contribution in [0.1, 0.15) is 30.0 Å². The fourth-order valence-corrected chi connectivity index (χ4v) is 5.10. The average Bonchev–Trinajstić information content (AvgIpc) is 3.12. The number of carbonyl (C=O) groups excluding carboxylic acids is 1. The van der Waals surface area contributed by atoms with Crippen molar-refractivity contribution in [2.24, 2.45) is 4.99 Å². The molecule has 4 rings (SSSR count). The summed E-state index contributed by atoms with van der Waals surface area (Å²) in [5.41, 5.74) is 4.01. The second-order valence-electron chi connectivity index (χ2n) is 8.04. The maximum atomic E-state index is 13.7. The number of aryl methyl sites for hydroxylation is 2. The summed E-state index contributed by atoms with van der Waals surface area (Å²) in [6.45, 7) is 6.50. The molecule has 180 valence electrons. The Kier molecular flexibility index (Phi) is 8.27. The molecule has 0 saturated carbocycles. The maximum absolute atomic E-state index is 13.7. The van der Waals surface area contributed by atoms with Crippen molar-refractivity contribution in [3.05, 3.63) is 90.7 Å². The predicted molar refractivity (Wildman–Crippen MR) is 152 cm³/mol. The number of amides is 1. The molecule has 1 aliphatic rings. The van der Waals surface area contributed by atoms with Crippen LogP contribution in [0.5, 0.6) is 5.75 Å². The predicted octanol–water partition coefficient (Wildman–Crippen LogP) is 8.97. The summed E-state index contributed by atoms with van der Waals surface area (Å²) in [7, 11) is 0. The average molecular weight is 590 g/mol. The van der Waals surface area contributed by atoms with Crippen molar-refractivity contribution in [1.82, 2.24) is 0 Å². The van der Waals surface area contributed by atoms with E-state index in [0.717, 1.165) is 33.3 Å². The zero-order chi connectivity index (χ0) is 25.1. The number of nitrogens with zero attached hydrogens (tertiary/aromatic N) is 2. The standard InChI is InChI=1S/C27H23BrCl2N2O2S/c1-4-11-34-24-10-7-19(28)12-18(24)13-25-26(33)32(21-9-6-17(3)23(30)15-21)27(35-25)31-20-8-5-16(2)22(29)14-20/h5-10,12-15H,4,11H2,1-3H3/b25-13+,31-27?. The molecular formula is C27H23BrCl2N2O2S. The van der Waals surface area contributed by atoms with Crippen LogP contribution in [-0.4, -0.2) is 17.7 Å². The van der Waals surface area contributed by atoms with Crippen LogP contribution < -0.4 is 9.64 Å². The van der Waals surface area contributed by atoms with Crippen molar-refractivity contribution in [2.45, 2.75) is 27.2 Å². The topological polar surface area (TPSA) is 41.9 Å². The summed E-state index contributed by atoms with van der Waals surface area (Å²) >= 11 is 17.5. The molecule has 0 spiro atoms. The lowest BCUT2D eigenvalue weighted by Crippen LogP contribution is -2.28. The first-order valence-corrected chi connectivity index (χ1v) is 13.4. The molecule has 0 radical (unpaired) electrons. The maximum Gasteiger partial charge on any atom is 0.271 e.